The highest BCUT2D eigenvalue weighted by molar-refractivity contribution is 5.28. The molecule has 4 heteroatoms. The Balaban J connectivity index is 1.32. The summed E-state index contributed by atoms with van der Waals surface area (Å²) in [5.41, 5.74) is 2.16. The van der Waals surface area contributed by atoms with Crippen LogP contribution in [0.15, 0.2) is 11.6 Å². The number of hydrogen-bond acceptors (Lipinski definition) is 4. The molecular formula is C23H34O4. The van der Waals surface area contributed by atoms with Crippen molar-refractivity contribution < 1.29 is 18.9 Å². The average molecular weight is 375 g/mol. The first-order valence-corrected chi connectivity index (χ1v) is 11.3. The summed E-state index contributed by atoms with van der Waals surface area (Å²) in [4.78, 5) is 0. The van der Waals surface area contributed by atoms with E-state index in [0.29, 0.717) is 5.41 Å². The Morgan fingerprint density at radius 1 is 0.778 bits per heavy atom. The molecule has 0 aromatic rings. The maximum atomic E-state index is 6.28. The molecule has 0 N–H and O–H groups in total. The van der Waals surface area contributed by atoms with Gasteiger partial charge in [0.05, 0.1) is 26.4 Å². The van der Waals surface area contributed by atoms with Gasteiger partial charge in [0, 0.05) is 18.3 Å². The Hall–Kier alpha value is -0.420. The van der Waals surface area contributed by atoms with Crippen LogP contribution in [0.25, 0.3) is 0 Å². The molecule has 5 atom stereocenters. The van der Waals surface area contributed by atoms with E-state index in [2.05, 4.69) is 19.9 Å². The summed E-state index contributed by atoms with van der Waals surface area (Å²) in [6, 6.07) is 0. The lowest BCUT2D eigenvalue weighted by molar-refractivity contribution is -0.243. The van der Waals surface area contributed by atoms with E-state index in [1.165, 1.54) is 38.5 Å². The molecule has 4 aliphatic carbocycles. The molecule has 0 unspecified atom stereocenters. The van der Waals surface area contributed by atoms with E-state index >= 15 is 0 Å². The van der Waals surface area contributed by atoms with Crippen LogP contribution in [-0.2, 0) is 18.9 Å². The largest absolute Gasteiger partial charge is 0.347 e. The Morgan fingerprint density at radius 2 is 1.48 bits per heavy atom. The lowest BCUT2D eigenvalue weighted by atomic mass is 9.47. The van der Waals surface area contributed by atoms with Crippen LogP contribution in [-0.4, -0.2) is 38.0 Å². The minimum absolute atomic E-state index is 0.204. The summed E-state index contributed by atoms with van der Waals surface area (Å²) in [5, 5.41) is 0. The van der Waals surface area contributed by atoms with Gasteiger partial charge in [0.25, 0.3) is 0 Å². The molecule has 0 radical (unpaired) electrons. The van der Waals surface area contributed by atoms with Gasteiger partial charge in [0.15, 0.2) is 11.6 Å². The molecule has 6 rings (SSSR count). The quantitative estimate of drug-likeness (QED) is 0.588. The molecule has 0 aromatic heterocycles. The van der Waals surface area contributed by atoms with Crippen LogP contribution in [0.4, 0.5) is 0 Å². The van der Waals surface area contributed by atoms with Crippen LogP contribution in [0.1, 0.15) is 65.2 Å². The topological polar surface area (TPSA) is 36.9 Å². The zero-order valence-corrected chi connectivity index (χ0v) is 16.9. The lowest BCUT2D eigenvalue weighted by Gasteiger charge is -2.59. The zero-order chi connectivity index (χ0) is 18.3. The van der Waals surface area contributed by atoms with Crippen LogP contribution in [0.2, 0.25) is 0 Å². The molecule has 2 saturated heterocycles. The van der Waals surface area contributed by atoms with E-state index in [1.807, 2.05) is 0 Å². The van der Waals surface area contributed by atoms with Gasteiger partial charge in [-0.3, -0.25) is 0 Å². The van der Waals surface area contributed by atoms with Crippen molar-refractivity contribution in [2.75, 3.05) is 26.4 Å². The number of fused-ring (bicyclic) bond motifs is 6. The van der Waals surface area contributed by atoms with Crippen LogP contribution in [0.5, 0.6) is 0 Å². The fourth-order valence-corrected chi connectivity index (χ4v) is 8.27. The van der Waals surface area contributed by atoms with Gasteiger partial charge in [0.2, 0.25) is 0 Å². The van der Waals surface area contributed by atoms with Crippen LogP contribution in [0, 0.1) is 28.6 Å². The summed E-state index contributed by atoms with van der Waals surface area (Å²) < 4.78 is 24.6. The normalized spacial score (nSPS) is 49.7. The highest BCUT2D eigenvalue weighted by Gasteiger charge is 2.67. The van der Waals surface area contributed by atoms with E-state index in [9.17, 15) is 0 Å². The predicted octanol–water partition coefficient (Wildman–Crippen LogP) is 4.44. The van der Waals surface area contributed by atoms with Crippen molar-refractivity contribution in [3.8, 4) is 0 Å². The second-order valence-electron chi connectivity index (χ2n) is 10.5. The molecule has 0 amide bonds. The standard InChI is InChI=1S/C23H34O4/c1-20-9-10-22(24-11-12-25-22)15-16(20)3-4-17-18(20)5-7-21(2)19(17)6-8-23(21)26-13-14-27-23/h15,17-19H,3-14H2,1-2H3/t17-,18+,19+,20+,21+/m1/s1. The molecular weight excluding hydrogens is 340 g/mol. The number of hydrogen-bond donors (Lipinski definition) is 0. The molecule has 3 saturated carbocycles. The van der Waals surface area contributed by atoms with E-state index in [4.69, 9.17) is 18.9 Å². The van der Waals surface area contributed by atoms with E-state index in [-0.39, 0.29) is 11.2 Å². The molecule has 2 aliphatic heterocycles. The fourth-order valence-electron chi connectivity index (χ4n) is 8.27. The van der Waals surface area contributed by atoms with Gasteiger partial charge in [-0.1, -0.05) is 19.4 Å². The smallest absolute Gasteiger partial charge is 0.188 e. The first-order chi connectivity index (χ1) is 13.0. The Bertz CT molecular complexity index is 659. The third-order valence-corrected chi connectivity index (χ3v) is 9.70. The van der Waals surface area contributed by atoms with Gasteiger partial charge in [-0.15, -0.1) is 0 Å². The number of rotatable bonds is 0. The summed E-state index contributed by atoms with van der Waals surface area (Å²) >= 11 is 0. The zero-order valence-electron chi connectivity index (χ0n) is 16.9. The van der Waals surface area contributed by atoms with Crippen molar-refractivity contribution in [2.45, 2.75) is 76.8 Å². The van der Waals surface area contributed by atoms with Crippen molar-refractivity contribution in [2.24, 2.45) is 28.6 Å². The monoisotopic (exact) mass is 374 g/mol. The Kier molecular flexibility index (Phi) is 3.61. The van der Waals surface area contributed by atoms with Gasteiger partial charge >= 0.3 is 0 Å². The minimum atomic E-state index is -0.395. The van der Waals surface area contributed by atoms with Gasteiger partial charge in [-0.2, -0.15) is 0 Å². The second kappa shape index (κ2) is 5.59. The van der Waals surface area contributed by atoms with Gasteiger partial charge in [-0.05, 0) is 67.8 Å². The Labute approximate surface area is 162 Å². The minimum Gasteiger partial charge on any atom is -0.347 e. The predicted molar refractivity (Wildman–Crippen MR) is 101 cm³/mol. The first-order valence-electron chi connectivity index (χ1n) is 11.3. The van der Waals surface area contributed by atoms with Crippen LogP contribution in [0.3, 0.4) is 0 Å². The Morgan fingerprint density at radius 3 is 2.26 bits per heavy atom. The molecule has 4 nitrogen and oxygen atoms in total. The number of allylic oxidation sites excluding steroid dienone is 1. The average Bonchev–Trinajstić information content (AvgIpc) is 3.38. The third-order valence-electron chi connectivity index (χ3n) is 9.70. The lowest BCUT2D eigenvalue weighted by Crippen LogP contribution is -2.55. The summed E-state index contributed by atoms with van der Waals surface area (Å²) in [6.07, 6.45) is 12.1. The van der Waals surface area contributed by atoms with Crippen LogP contribution < -0.4 is 0 Å². The van der Waals surface area contributed by atoms with Gasteiger partial charge in [0.1, 0.15) is 0 Å². The molecule has 0 aromatic carbocycles. The highest BCUT2D eigenvalue weighted by atomic mass is 16.7. The first kappa shape index (κ1) is 17.4. The molecule has 5 fully saturated rings. The van der Waals surface area contributed by atoms with Crippen molar-refractivity contribution in [1.29, 1.82) is 0 Å². The van der Waals surface area contributed by atoms with Gasteiger partial charge in [-0.25, -0.2) is 0 Å². The maximum Gasteiger partial charge on any atom is 0.188 e. The summed E-state index contributed by atoms with van der Waals surface area (Å²) in [7, 11) is 0. The van der Waals surface area contributed by atoms with E-state index in [0.717, 1.165) is 57.0 Å². The third kappa shape index (κ3) is 2.14. The second-order valence-corrected chi connectivity index (χ2v) is 10.5. The summed E-state index contributed by atoms with van der Waals surface area (Å²) in [5.74, 6) is 1.70. The van der Waals surface area contributed by atoms with Crippen molar-refractivity contribution in [3.63, 3.8) is 0 Å². The molecule has 2 heterocycles. The molecule has 6 aliphatic rings. The van der Waals surface area contributed by atoms with Crippen molar-refractivity contribution in [3.05, 3.63) is 11.6 Å². The SMILES string of the molecule is C[C@]12CCC3(C=C1CC[C@@H]1[C@@H]2CC[C@@]2(C)[C@H]1CCC21OCCO1)OCCO3. The molecule has 2 spiro atoms. The number of ether oxygens (including phenoxy) is 4. The molecule has 27 heavy (non-hydrogen) atoms. The van der Waals surface area contributed by atoms with Crippen LogP contribution >= 0.6 is 0 Å². The van der Waals surface area contributed by atoms with E-state index < -0.39 is 5.79 Å². The fraction of sp³-hybridized carbons (Fsp3) is 0.913. The van der Waals surface area contributed by atoms with E-state index in [1.54, 1.807) is 5.57 Å². The maximum absolute atomic E-state index is 6.28. The summed E-state index contributed by atoms with van der Waals surface area (Å²) in [6.45, 7) is 8.08. The molecule has 150 valence electrons. The van der Waals surface area contributed by atoms with Gasteiger partial charge < -0.3 is 18.9 Å². The van der Waals surface area contributed by atoms with Crippen molar-refractivity contribution >= 4 is 0 Å². The van der Waals surface area contributed by atoms with Crippen molar-refractivity contribution in [1.82, 2.24) is 0 Å². The molecule has 0 bridgehead atoms. The highest BCUT2D eigenvalue weighted by Crippen LogP contribution is 2.69.